The zero-order chi connectivity index (χ0) is 21.4. The third-order valence-electron chi connectivity index (χ3n) is 5.45. The van der Waals surface area contributed by atoms with Gasteiger partial charge in [0.25, 0.3) is 0 Å². The Morgan fingerprint density at radius 3 is 2.53 bits per heavy atom. The van der Waals surface area contributed by atoms with Crippen LogP contribution >= 0.6 is 0 Å². The highest BCUT2D eigenvalue weighted by Gasteiger charge is 2.28. The van der Waals surface area contributed by atoms with Crippen LogP contribution in [0.15, 0.2) is 35.3 Å². The second kappa shape index (κ2) is 10.8. The van der Waals surface area contributed by atoms with Gasteiger partial charge in [0.05, 0.1) is 18.1 Å². The van der Waals surface area contributed by atoms with Gasteiger partial charge in [0.1, 0.15) is 0 Å². The lowest BCUT2D eigenvalue weighted by molar-refractivity contribution is -0.121. The van der Waals surface area contributed by atoms with Crippen molar-refractivity contribution in [1.29, 1.82) is 0 Å². The maximum Gasteiger partial charge on any atom is 0.222 e. The maximum atomic E-state index is 12.1. The molecule has 0 saturated carbocycles. The number of rotatable bonds is 7. The normalized spacial score (nSPS) is 22.1. The zero-order valence-corrected chi connectivity index (χ0v) is 18.5. The highest BCUT2D eigenvalue weighted by molar-refractivity contribution is 7.91. The van der Waals surface area contributed by atoms with Crippen molar-refractivity contribution in [1.82, 2.24) is 20.4 Å². The van der Waals surface area contributed by atoms with E-state index in [2.05, 4.69) is 49.7 Å². The van der Waals surface area contributed by atoms with E-state index in [4.69, 9.17) is 0 Å². The molecular weight excluding hydrogens is 402 g/mol. The van der Waals surface area contributed by atoms with Crippen LogP contribution in [0.2, 0.25) is 0 Å². The van der Waals surface area contributed by atoms with Crippen molar-refractivity contribution in [3.8, 4) is 0 Å². The van der Waals surface area contributed by atoms with Crippen molar-refractivity contribution in [3.05, 3.63) is 35.9 Å². The number of aliphatic imine (C=N–C) groups is 1. The fourth-order valence-corrected chi connectivity index (χ4v) is 5.53. The molecule has 9 heteroatoms. The van der Waals surface area contributed by atoms with Crippen LogP contribution in [0.25, 0.3) is 0 Å². The summed E-state index contributed by atoms with van der Waals surface area (Å²) in [4.78, 5) is 21.4. The van der Waals surface area contributed by atoms with Gasteiger partial charge in [0.2, 0.25) is 5.91 Å². The van der Waals surface area contributed by atoms with Gasteiger partial charge in [-0.15, -0.1) is 0 Å². The fraction of sp³-hybridized carbons (Fsp3) is 0.619. The first-order chi connectivity index (χ1) is 14.4. The number of benzene rings is 1. The van der Waals surface area contributed by atoms with Crippen LogP contribution in [-0.2, 0) is 21.2 Å². The Morgan fingerprint density at radius 1 is 1.17 bits per heavy atom. The van der Waals surface area contributed by atoms with Crippen LogP contribution in [-0.4, -0.2) is 86.9 Å². The molecule has 1 atom stereocenters. The van der Waals surface area contributed by atoms with Gasteiger partial charge in [-0.25, -0.2) is 8.42 Å². The summed E-state index contributed by atoms with van der Waals surface area (Å²) in [5.74, 6) is 0.923. The van der Waals surface area contributed by atoms with E-state index < -0.39 is 9.84 Å². The molecule has 8 nitrogen and oxygen atoms in total. The minimum atomic E-state index is -2.98. The maximum absolute atomic E-state index is 12.1. The Balaban J connectivity index is 1.43. The number of carbonyl (C=O) groups excluding carboxylic acids is 1. The highest BCUT2D eigenvalue weighted by atomic mass is 32.2. The molecule has 1 amide bonds. The molecule has 3 rings (SSSR count). The zero-order valence-electron chi connectivity index (χ0n) is 17.7. The predicted octanol–water partition coefficient (Wildman–Crippen LogP) is 0.463. The number of nitrogens with one attached hydrogen (secondary N) is 2. The van der Waals surface area contributed by atoms with Crippen LogP contribution in [0, 0.1) is 0 Å². The molecule has 0 aliphatic carbocycles. The average Bonchev–Trinajstić information content (AvgIpc) is 3.07. The molecule has 166 valence electrons. The Bertz CT molecular complexity index is 820. The Morgan fingerprint density at radius 2 is 1.90 bits per heavy atom. The molecule has 0 spiro atoms. The highest BCUT2D eigenvalue weighted by Crippen LogP contribution is 2.11. The van der Waals surface area contributed by atoms with E-state index in [9.17, 15) is 13.2 Å². The number of carbonyl (C=O) groups is 1. The molecule has 2 saturated heterocycles. The molecule has 1 unspecified atom stereocenters. The van der Waals surface area contributed by atoms with Gasteiger partial charge in [-0.3, -0.25) is 14.7 Å². The average molecular weight is 436 g/mol. The van der Waals surface area contributed by atoms with Crippen molar-refractivity contribution < 1.29 is 13.2 Å². The van der Waals surface area contributed by atoms with Gasteiger partial charge in [-0.2, -0.15) is 0 Å². The van der Waals surface area contributed by atoms with E-state index in [1.54, 1.807) is 0 Å². The van der Waals surface area contributed by atoms with Gasteiger partial charge < -0.3 is 15.5 Å². The van der Waals surface area contributed by atoms with Crippen LogP contribution in [0.5, 0.6) is 0 Å². The molecule has 1 aromatic carbocycles. The van der Waals surface area contributed by atoms with Crippen molar-refractivity contribution in [3.63, 3.8) is 0 Å². The summed E-state index contributed by atoms with van der Waals surface area (Å²) in [6, 6.07) is 10.2. The Kier molecular flexibility index (Phi) is 8.09. The van der Waals surface area contributed by atoms with E-state index in [1.807, 2.05) is 13.0 Å². The molecule has 1 aromatic rings. The summed E-state index contributed by atoms with van der Waals surface area (Å²) in [5, 5.41) is 6.14. The minimum absolute atomic E-state index is 0.0535. The lowest BCUT2D eigenvalue weighted by Gasteiger charge is -2.36. The summed E-state index contributed by atoms with van der Waals surface area (Å²) >= 11 is 0. The topological polar surface area (TPSA) is 94.1 Å². The molecule has 2 N–H and O–H groups in total. The second-order valence-electron chi connectivity index (χ2n) is 7.90. The van der Waals surface area contributed by atoms with E-state index in [0.717, 1.165) is 45.2 Å². The van der Waals surface area contributed by atoms with Crippen LogP contribution in [0.3, 0.4) is 0 Å². The molecule has 2 heterocycles. The third-order valence-corrected chi connectivity index (χ3v) is 7.22. The first kappa shape index (κ1) is 22.6. The molecule has 2 fully saturated rings. The largest absolute Gasteiger partial charge is 0.357 e. The number of hydrogen-bond donors (Lipinski definition) is 2. The van der Waals surface area contributed by atoms with Gasteiger partial charge in [-0.1, -0.05) is 30.3 Å². The molecule has 30 heavy (non-hydrogen) atoms. The van der Waals surface area contributed by atoms with Gasteiger partial charge >= 0.3 is 0 Å². The van der Waals surface area contributed by atoms with Crippen LogP contribution in [0.4, 0.5) is 0 Å². The van der Waals surface area contributed by atoms with Crippen molar-refractivity contribution >= 4 is 21.7 Å². The lowest BCUT2D eigenvalue weighted by Crippen LogP contribution is -2.52. The predicted molar refractivity (Wildman–Crippen MR) is 119 cm³/mol. The van der Waals surface area contributed by atoms with E-state index in [-0.39, 0.29) is 29.9 Å². The molecule has 0 aromatic heterocycles. The van der Waals surface area contributed by atoms with Gasteiger partial charge in [-0.05, 0) is 18.9 Å². The molecular formula is C21H33N5O3S. The first-order valence-corrected chi connectivity index (χ1v) is 12.6. The van der Waals surface area contributed by atoms with Crippen LogP contribution < -0.4 is 10.6 Å². The number of hydrogen-bond acceptors (Lipinski definition) is 5. The van der Waals surface area contributed by atoms with Crippen molar-refractivity contribution in [2.75, 3.05) is 50.8 Å². The Labute approximate surface area is 179 Å². The number of amides is 1. The first-order valence-electron chi connectivity index (χ1n) is 10.7. The molecule has 2 aliphatic heterocycles. The number of guanidine groups is 1. The van der Waals surface area contributed by atoms with Gasteiger partial charge in [0, 0.05) is 51.7 Å². The summed E-state index contributed by atoms with van der Waals surface area (Å²) in [6.07, 6.45) is 0.770. The molecule has 0 radical (unpaired) electrons. The quantitative estimate of drug-likeness (QED) is 0.478. The van der Waals surface area contributed by atoms with Crippen molar-refractivity contribution in [2.24, 2.45) is 4.99 Å². The number of piperazine rings is 1. The standard InChI is InChI=1S/C21H33N5O3S/c1-2-22-21(23-10-8-20(27)24-19-9-15-30(28,29)17-19)26-13-11-25(12-14-26)16-18-6-4-3-5-7-18/h3-7,19H,2,8-17H2,1H3,(H,22,23)(H,24,27). The van der Waals surface area contributed by atoms with E-state index in [1.165, 1.54) is 5.56 Å². The van der Waals surface area contributed by atoms with Gasteiger partial charge in [0.15, 0.2) is 15.8 Å². The third kappa shape index (κ3) is 6.98. The summed E-state index contributed by atoms with van der Waals surface area (Å²) in [7, 11) is -2.98. The molecule has 2 aliphatic rings. The van der Waals surface area contributed by atoms with Crippen LogP contribution in [0.1, 0.15) is 25.3 Å². The monoisotopic (exact) mass is 435 g/mol. The number of sulfone groups is 1. The lowest BCUT2D eigenvalue weighted by atomic mass is 10.2. The second-order valence-corrected chi connectivity index (χ2v) is 10.1. The summed E-state index contributed by atoms with van der Waals surface area (Å²) < 4.78 is 23.0. The minimum Gasteiger partial charge on any atom is -0.357 e. The Hall–Kier alpha value is -2.13. The van der Waals surface area contributed by atoms with Crippen molar-refractivity contribution in [2.45, 2.75) is 32.4 Å². The molecule has 0 bridgehead atoms. The smallest absolute Gasteiger partial charge is 0.222 e. The number of nitrogens with zero attached hydrogens (tertiary/aromatic N) is 3. The summed E-state index contributed by atoms with van der Waals surface area (Å²) in [6.45, 7) is 7.88. The SMILES string of the molecule is CCNC(=NCCC(=O)NC1CCS(=O)(=O)C1)N1CCN(Cc2ccccc2)CC1. The van der Waals surface area contributed by atoms with E-state index in [0.29, 0.717) is 13.0 Å². The van der Waals surface area contributed by atoms with E-state index >= 15 is 0 Å². The summed E-state index contributed by atoms with van der Waals surface area (Å²) in [5.41, 5.74) is 1.33. The fourth-order valence-electron chi connectivity index (χ4n) is 3.86.